The van der Waals surface area contributed by atoms with Crippen LogP contribution in [0.2, 0.25) is 0 Å². The Morgan fingerprint density at radius 2 is 2.25 bits per heavy atom. The second kappa shape index (κ2) is 6.22. The molecule has 1 aliphatic rings. The molecule has 0 amide bonds. The van der Waals surface area contributed by atoms with Crippen LogP contribution in [0.25, 0.3) is 22.3 Å². The molecule has 1 saturated heterocycles. The maximum atomic E-state index is 12.5. The third-order valence-corrected chi connectivity index (χ3v) is 4.24. The first-order chi connectivity index (χ1) is 11.7. The van der Waals surface area contributed by atoms with E-state index in [-0.39, 0.29) is 11.7 Å². The maximum Gasteiger partial charge on any atom is 0.259 e. The summed E-state index contributed by atoms with van der Waals surface area (Å²) in [5.74, 6) is 0.646. The lowest BCUT2D eigenvalue weighted by Gasteiger charge is -2.23. The van der Waals surface area contributed by atoms with Crippen LogP contribution in [0.5, 0.6) is 0 Å². The Morgan fingerprint density at radius 3 is 3.08 bits per heavy atom. The van der Waals surface area contributed by atoms with Gasteiger partial charge in [0.05, 0.1) is 38.0 Å². The Kier molecular flexibility index (Phi) is 3.92. The smallest absolute Gasteiger partial charge is 0.259 e. The number of aryl methyl sites for hydroxylation is 1. The van der Waals surface area contributed by atoms with Gasteiger partial charge in [0.15, 0.2) is 0 Å². The molecule has 3 aromatic rings. The van der Waals surface area contributed by atoms with Gasteiger partial charge in [0.25, 0.3) is 5.56 Å². The van der Waals surface area contributed by atoms with E-state index < -0.39 is 0 Å². The van der Waals surface area contributed by atoms with Crippen LogP contribution in [-0.4, -0.2) is 40.5 Å². The summed E-state index contributed by atoms with van der Waals surface area (Å²) in [4.78, 5) is 19.9. The van der Waals surface area contributed by atoms with Crippen LogP contribution < -0.4 is 5.56 Å². The van der Waals surface area contributed by atoms with Gasteiger partial charge in [-0.25, -0.2) is 4.98 Å². The van der Waals surface area contributed by atoms with Crippen molar-refractivity contribution in [2.24, 2.45) is 0 Å². The Labute approximate surface area is 139 Å². The quantitative estimate of drug-likeness (QED) is 0.801. The highest BCUT2D eigenvalue weighted by atomic mass is 16.6. The lowest BCUT2D eigenvalue weighted by molar-refractivity contribution is -0.0934. The predicted octanol–water partition coefficient (Wildman–Crippen LogP) is 2.12. The Balaban J connectivity index is 1.72. The topological polar surface area (TPSA) is 69.1 Å². The van der Waals surface area contributed by atoms with Crippen molar-refractivity contribution >= 4 is 10.9 Å². The number of ether oxygens (including phenoxy) is 2. The molecule has 1 fully saturated rings. The normalized spacial score (nSPS) is 18.1. The molecule has 0 aliphatic carbocycles. The SMILES string of the molecule is Cc1ccc2cc(-c3nccn3CC3COCCO3)c(=O)[nH]c2c1. The fraction of sp³-hybridized carbons (Fsp3) is 0.333. The van der Waals surface area contributed by atoms with E-state index in [1.165, 1.54) is 0 Å². The average molecular weight is 325 g/mol. The third kappa shape index (κ3) is 2.86. The highest BCUT2D eigenvalue weighted by Crippen LogP contribution is 2.20. The van der Waals surface area contributed by atoms with Crippen LogP contribution >= 0.6 is 0 Å². The molecule has 1 atom stereocenters. The maximum absolute atomic E-state index is 12.5. The zero-order valence-corrected chi connectivity index (χ0v) is 13.5. The summed E-state index contributed by atoms with van der Waals surface area (Å²) in [6, 6.07) is 7.91. The summed E-state index contributed by atoms with van der Waals surface area (Å²) >= 11 is 0. The Bertz CT molecular complexity index is 923. The summed E-state index contributed by atoms with van der Waals surface area (Å²) in [7, 11) is 0. The van der Waals surface area contributed by atoms with Crippen LogP contribution in [0.4, 0.5) is 0 Å². The summed E-state index contributed by atoms with van der Waals surface area (Å²) in [6.45, 7) is 4.41. The van der Waals surface area contributed by atoms with Crippen molar-refractivity contribution in [3.63, 3.8) is 0 Å². The number of nitrogens with one attached hydrogen (secondary N) is 1. The zero-order valence-electron chi connectivity index (χ0n) is 13.5. The molecule has 1 aliphatic heterocycles. The molecular weight excluding hydrogens is 306 g/mol. The largest absolute Gasteiger partial charge is 0.376 e. The number of rotatable bonds is 3. The second-order valence-corrected chi connectivity index (χ2v) is 6.07. The molecule has 0 radical (unpaired) electrons. The lowest BCUT2D eigenvalue weighted by Crippen LogP contribution is -2.32. The molecule has 0 spiro atoms. The van der Waals surface area contributed by atoms with Crippen LogP contribution in [0.15, 0.2) is 41.5 Å². The number of hydrogen-bond donors (Lipinski definition) is 1. The summed E-state index contributed by atoms with van der Waals surface area (Å²) < 4.78 is 13.1. The number of H-pyrrole nitrogens is 1. The lowest BCUT2D eigenvalue weighted by atomic mass is 10.1. The van der Waals surface area contributed by atoms with Gasteiger partial charge in [-0.05, 0) is 30.0 Å². The van der Waals surface area contributed by atoms with E-state index >= 15 is 0 Å². The number of imidazole rings is 1. The predicted molar refractivity (Wildman–Crippen MR) is 91.1 cm³/mol. The van der Waals surface area contributed by atoms with Gasteiger partial charge in [0, 0.05) is 17.9 Å². The first-order valence-electron chi connectivity index (χ1n) is 8.05. The molecule has 0 saturated carbocycles. The number of fused-ring (bicyclic) bond motifs is 1. The number of hydrogen-bond acceptors (Lipinski definition) is 4. The fourth-order valence-corrected chi connectivity index (χ4v) is 3.04. The highest BCUT2D eigenvalue weighted by Gasteiger charge is 2.18. The first-order valence-corrected chi connectivity index (χ1v) is 8.05. The van der Waals surface area contributed by atoms with Gasteiger partial charge in [0.1, 0.15) is 5.82 Å². The number of aromatic amines is 1. The molecule has 6 heteroatoms. The minimum Gasteiger partial charge on any atom is -0.376 e. The molecule has 124 valence electrons. The molecule has 1 unspecified atom stereocenters. The van der Waals surface area contributed by atoms with Crippen LogP contribution in [0, 0.1) is 6.92 Å². The van der Waals surface area contributed by atoms with Crippen molar-refractivity contribution in [1.29, 1.82) is 0 Å². The Hall–Kier alpha value is -2.44. The summed E-state index contributed by atoms with van der Waals surface area (Å²) in [6.07, 6.45) is 3.55. The van der Waals surface area contributed by atoms with E-state index in [1.807, 2.05) is 42.0 Å². The minimum atomic E-state index is -0.138. The molecule has 4 rings (SSSR count). The zero-order chi connectivity index (χ0) is 16.5. The third-order valence-electron chi connectivity index (χ3n) is 4.24. The van der Waals surface area contributed by atoms with E-state index in [9.17, 15) is 4.79 Å². The van der Waals surface area contributed by atoms with Crippen LogP contribution in [-0.2, 0) is 16.0 Å². The molecule has 1 N–H and O–H groups in total. The molecule has 6 nitrogen and oxygen atoms in total. The first kappa shape index (κ1) is 15.1. The average Bonchev–Trinajstić information content (AvgIpc) is 3.03. The van der Waals surface area contributed by atoms with Crippen molar-refractivity contribution in [1.82, 2.24) is 14.5 Å². The monoisotopic (exact) mass is 325 g/mol. The minimum absolute atomic E-state index is 0.0195. The standard InChI is InChI=1S/C18H19N3O3/c1-12-2-3-13-9-15(18(22)20-16(13)8-12)17-19-4-5-21(17)10-14-11-23-6-7-24-14/h2-5,8-9,14H,6-7,10-11H2,1H3,(H,20,22). The summed E-state index contributed by atoms with van der Waals surface area (Å²) in [5, 5.41) is 0.988. The number of pyridine rings is 1. The van der Waals surface area contributed by atoms with E-state index in [0.29, 0.717) is 37.8 Å². The fourth-order valence-electron chi connectivity index (χ4n) is 3.04. The van der Waals surface area contributed by atoms with E-state index in [2.05, 4.69) is 9.97 Å². The van der Waals surface area contributed by atoms with Crippen LogP contribution in [0.3, 0.4) is 0 Å². The Morgan fingerprint density at radius 1 is 1.33 bits per heavy atom. The molecule has 2 aromatic heterocycles. The molecular formula is C18H19N3O3. The van der Waals surface area contributed by atoms with Gasteiger partial charge in [0.2, 0.25) is 0 Å². The van der Waals surface area contributed by atoms with E-state index in [1.54, 1.807) is 6.20 Å². The highest BCUT2D eigenvalue weighted by molar-refractivity contribution is 5.82. The number of benzene rings is 1. The van der Waals surface area contributed by atoms with E-state index in [4.69, 9.17) is 9.47 Å². The van der Waals surface area contributed by atoms with Gasteiger partial charge in [-0.3, -0.25) is 4.79 Å². The van der Waals surface area contributed by atoms with Gasteiger partial charge < -0.3 is 19.0 Å². The van der Waals surface area contributed by atoms with Gasteiger partial charge in [-0.15, -0.1) is 0 Å². The number of aromatic nitrogens is 3. The van der Waals surface area contributed by atoms with Gasteiger partial charge >= 0.3 is 0 Å². The molecule has 0 bridgehead atoms. The molecule has 1 aromatic carbocycles. The second-order valence-electron chi connectivity index (χ2n) is 6.07. The van der Waals surface area contributed by atoms with Gasteiger partial charge in [-0.1, -0.05) is 12.1 Å². The number of nitrogens with zero attached hydrogens (tertiary/aromatic N) is 2. The van der Waals surface area contributed by atoms with Crippen molar-refractivity contribution in [2.75, 3.05) is 19.8 Å². The van der Waals surface area contributed by atoms with Crippen molar-refractivity contribution in [2.45, 2.75) is 19.6 Å². The van der Waals surface area contributed by atoms with Crippen molar-refractivity contribution in [3.8, 4) is 11.4 Å². The van der Waals surface area contributed by atoms with Crippen LogP contribution in [0.1, 0.15) is 5.56 Å². The van der Waals surface area contributed by atoms with Crippen molar-refractivity contribution in [3.05, 3.63) is 52.6 Å². The molecule has 3 heterocycles. The van der Waals surface area contributed by atoms with Crippen molar-refractivity contribution < 1.29 is 9.47 Å². The summed E-state index contributed by atoms with van der Waals surface area (Å²) in [5.41, 5.74) is 2.38. The van der Waals surface area contributed by atoms with Gasteiger partial charge in [-0.2, -0.15) is 0 Å². The van der Waals surface area contributed by atoms with E-state index in [0.717, 1.165) is 16.5 Å². The molecule has 24 heavy (non-hydrogen) atoms.